The van der Waals surface area contributed by atoms with E-state index in [-0.39, 0.29) is 18.4 Å². The summed E-state index contributed by atoms with van der Waals surface area (Å²) in [7, 11) is 1.54. The summed E-state index contributed by atoms with van der Waals surface area (Å²) in [5.74, 6) is 0.268. The average molecular weight is 438 g/mol. The predicted molar refractivity (Wildman–Crippen MR) is 125 cm³/mol. The second-order valence-electron chi connectivity index (χ2n) is 6.87. The van der Waals surface area contributed by atoms with Gasteiger partial charge >= 0.3 is 0 Å². The van der Waals surface area contributed by atoms with E-state index in [1.54, 1.807) is 49.6 Å². The van der Waals surface area contributed by atoms with Gasteiger partial charge in [-0.05, 0) is 48.4 Å². The number of amides is 2. The Kier molecular flexibility index (Phi) is 7.90. The van der Waals surface area contributed by atoms with Gasteiger partial charge in [-0.2, -0.15) is 0 Å². The molecule has 0 radical (unpaired) electrons. The van der Waals surface area contributed by atoms with Gasteiger partial charge in [-0.15, -0.1) is 0 Å². The summed E-state index contributed by atoms with van der Waals surface area (Å²) in [4.78, 5) is 24.5. The molecule has 160 valence electrons. The van der Waals surface area contributed by atoms with E-state index in [1.807, 2.05) is 30.3 Å². The first kappa shape index (κ1) is 22.2. The topological polar surface area (TPSA) is 79.5 Å². The Balaban J connectivity index is 1.48. The lowest BCUT2D eigenvalue weighted by molar-refractivity contribution is -0.116. The molecule has 6 nitrogen and oxygen atoms in total. The number of nitrogens with one attached hydrogen (secondary N) is 3. The summed E-state index contributed by atoms with van der Waals surface area (Å²) in [5, 5.41) is 9.15. The molecule has 3 aromatic carbocycles. The highest BCUT2D eigenvalue weighted by molar-refractivity contribution is 6.32. The summed E-state index contributed by atoms with van der Waals surface area (Å²) in [6, 6.07) is 22.1. The number of anilines is 3. The van der Waals surface area contributed by atoms with Crippen LogP contribution in [-0.2, 0) is 16.0 Å². The fraction of sp³-hybridized carbons (Fsp3) is 0.167. The largest absolute Gasteiger partial charge is 0.495 e. The quantitative estimate of drug-likeness (QED) is 0.441. The van der Waals surface area contributed by atoms with Crippen LogP contribution < -0.4 is 20.7 Å². The lowest BCUT2D eigenvalue weighted by Crippen LogP contribution is -2.21. The van der Waals surface area contributed by atoms with E-state index in [4.69, 9.17) is 16.3 Å². The number of hydrogen-bond donors (Lipinski definition) is 3. The Morgan fingerprint density at radius 3 is 2.23 bits per heavy atom. The third kappa shape index (κ3) is 7.04. The van der Waals surface area contributed by atoms with Crippen LogP contribution in [0, 0.1) is 0 Å². The molecule has 0 aliphatic heterocycles. The van der Waals surface area contributed by atoms with Crippen LogP contribution in [-0.4, -0.2) is 25.5 Å². The summed E-state index contributed by atoms with van der Waals surface area (Å²) in [6.07, 6.45) is 1.05. The Morgan fingerprint density at radius 2 is 1.55 bits per heavy atom. The number of carbonyl (C=O) groups excluding carboxylic acids is 2. The van der Waals surface area contributed by atoms with E-state index in [0.29, 0.717) is 40.7 Å². The minimum Gasteiger partial charge on any atom is -0.495 e. The summed E-state index contributed by atoms with van der Waals surface area (Å²) in [5.41, 5.74) is 3.05. The number of benzene rings is 3. The average Bonchev–Trinajstić information content (AvgIpc) is 2.77. The smallest absolute Gasteiger partial charge is 0.243 e. The molecular weight excluding hydrogens is 414 g/mol. The van der Waals surface area contributed by atoms with E-state index in [1.165, 1.54) is 0 Å². The molecule has 0 fully saturated rings. The zero-order chi connectivity index (χ0) is 22.1. The lowest BCUT2D eigenvalue weighted by Gasteiger charge is -2.11. The van der Waals surface area contributed by atoms with Crippen LogP contribution in [0.1, 0.15) is 12.0 Å². The van der Waals surface area contributed by atoms with Crippen LogP contribution in [0.15, 0.2) is 72.8 Å². The Morgan fingerprint density at radius 1 is 0.839 bits per heavy atom. The van der Waals surface area contributed by atoms with E-state index in [2.05, 4.69) is 16.0 Å². The number of halogens is 1. The molecule has 0 spiro atoms. The highest BCUT2D eigenvalue weighted by Gasteiger charge is 2.07. The fourth-order valence-corrected chi connectivity index (χ4v) is 3.22. The minimum atomic E-state index is -0.223. The number of hydrogen-bond acceptors (Lipinski definition) is 4. The maximum Gasteiger partial charge on any atom is 0.243 e. The van der Waals surface area contributed by atoms with Crippen LogP contribution in [0.3, 0.4) is 0 Å². The van der Waals surface area contributed by atoms with Crippen LogP contribution in [0.5, 0.6) is 5.75 Å². The highest BCUT2D eigenvalue weighted by atomic mass is 35.5. The van der Waals surface area contributed by atoms with Crippen molar-refractivity contribution in [1.82, 2.24) is 0 Å². The fourth-order valence-electron chi connectivity index (χ4n) is 2.96. The highest BCUT2D eigenvalue weighted by Crippen LogP contribution is 2.27. The van der Waals surface area contributed by atoms with Crippen molar-refractivity contribution in [3.63, 3.8) is 0 Å². The summed E-state index contributed by atoms with van der Waals surface area (Å²) < 4.78 is 5.11. The molecule has 0 heterocycles. The van der Waals surface area contributed by atoms with Gasteiger partial charge in [0.05, 0.1) is 18.7 Å². The van der Waals surface area contributed by atoms with Crippen molar-refractivity contribution in [2.45, 2.75) is 12.8 Å². The molecule has 0 bridgehead atoms. The van der Waals surface area contributed by atoms with Crippen LogP contribution in [0.2, 0.25) is 5.02 Å². The van der Waals surface area contributed by atoms with Gasteiger partial charge in [0, 0.05) is 23.5 Å². The second-order valence-corrected chi connectivity index (χ2v) is 7.27. The third-order valence-corrected chi connectivity index (χ3v) is 4.81. The third-order valence-electron chi connectivity index (χ3n) is 4.52. The zero-order valence-corrected chi connectivity index (χ0v) is 17.9. The van der Waals surface area contributed by atoms with Crippen molar-refractivity contribution < 1.29 is 14.3 Å². The minimum absolute atomic E-state index is 0.0658. The predicted octanol–water partition coefficient (Wildman–Crippen LogP) is 4.97. The second kappa shape index (κ2) is 11.0. The van der Waals surface area contributed by atoms with Gasteiger partial charge in [0.25, 0.3) is 0 Å². The van der Waals surface area contributed by atoms with Crippen molar-refractivity contribution in [2.24, 2.45) is 0 Å². The van der Waals surface area contributed by atoms with Crippen molar-refractivity contribution in [3.8, 4) is 5.75 Å². The zero-order valence-electron chi connectivity index (χ0n) is 17.2. The first-order valence-corrected chi connectivity index (χ1v) is 10.2. The molecule has 2 amide bonds. The molecule has 0 saturated carbocycles. The first-order chi connectivity index (χ1) is 15.0. The van der Waals surface area contributed by atoms with Gasteiger partial charge in [0.2, 0.25) is 11.8 Å². The Hall–Kier alpha value is -3.51. The lowest BCUT2D eigenvalue weighted by atomic mass is 10.1. The SMILES string of the molecule is COc1ccc(NCC(=O)Nc2cccc(NC(=O)CCc3ccccc3)c2)cc1Cl. The molecular formula is C24H24ClN3O3. The summed E-state index contributed by atoms with van der Waals surface area (Å²) in [6.45, 7) is 0.0658. The van der Waals surface area contributed by atoms with Crippen LogP contribution >= 0.6 is 11.6 Å². The molecule has 7 heteroatoms. The Bertz CT molecular complexity index is 1040. The molecule has 0 aliphatic rings. The van der Waals surface area contributed by atoms with Gasteiger partial charge in [-0.1, -0.05) is 48.0 Å². The van der Waals surface area contributed by atoms with E-state index in [9.17, 15) is 9.59 Å². The number of aryl methyl sites for hydroxylation is 1. The monoisotopic (exact) mass is 437 g/mol. The van der Waals surface area contributed by atoms with Crippen molar-refractivity contribution >= 4 is 40.5 Å². The summed E-state index contributed by atoms with van der Waals surface area (Å²) >= 11 is 6.09. The van der Waals surface area contributed by atoms with E-state index < -0.39 is 0 Å². The van der Waals surface area contributed by atoms with Gasteiger partial charge < -0.3 is 20.7 Å². The maximum atomic E-state index is 12.3. The molecule has 3 N–H and O–H groups in total. The van der Waals surface area contributed by atoms with Crippen molar-refractivity contribution in [2.75, 3.05) is 29.6 Å². The van der Waals surface area contributed by atoms with Crippen LogP contribution in [0.25, 0.3) is 0 Å². The normalized spacial score (nSPS) is 10.3. The van der Waals surface area contributed by atoms with E-state index in [0.717, 1.165) is 5.56 Å². The van der Waals surface area contributed by atoms with Gasteiger partial charge in [-0.25, -0.2) is 0 Å². The van der Waals surface area contributed by atoms with E-state index >= 15 is 0 Å². The van der Waals surface area contributed by atoms with Gasteiger partial charge in [-0.3, -0.25) is 9.59 Å². The number of methoxy groups -OCH3 is 1. The van der Waals surface area contributed by atoms with Gasteiger partial charge in [0.1, 0.15) is 5.75 Å². The molecule has 0 saturated heterocycles. The standard InChI is InChI=1S/C24H24ClN3O3/c1-31-22-12-11-18(15-21(22)25)26-16-24(30)28-20-9-5-8-19(14-20)27-23(29)13-10-17-6-3-2-4-7-17/h2-9,11-12,14-15,26H,10,13,16H2,1H3,(H,27,29)(H,28,30). The molecule has 31 heavy (non-hydrogen) atoms. The molecule has 0 atom stereocenters. The van der Waals surface area contributed by atoms with Gasteiger partial charge in [0.15, 0.2) is 0 Å². The number of rotatable bonds is 9. The van der Waals surface area contributed by atoms with Crippen molar-refractivity contribution in [3.05, 3.63) is 83.4 Å². The number of carbonyl (C=O) groups is 2. The first-order valence-electron chi connectivity index (χ1n) is 9.84. The molecule has 3 rings (SSSR count). The number of ether oxygens (including phenoxy) is 1. The molecule has 0 aliphatic carbocycles. The maximum absolute atomic E-state index is 12.3. The van der Waals surface area contributed by atoms with Crippen LogP contribution in [0.4, 0.5) is 17.1 Å². The molecule has 3 aromatic rings. The molecule has 0 unspecified atom stereocenters. The molecule has 0 aromatic heterocycles. The van der Waals surface area contributed by atoms with Crippen molar-refractivity contribution in [1.29, 1.82) is 0 Å². The Labute approximate surface area is 186 Å².